The van der Waals surface area contributed by atoms with Crippen LogP contribution in [0, 0.1) is 0 Å². The lowest BCUT2D eigenvalue weighted by atomic mass is 9.96. The number of aromatic nitrogens is 1. The molecule has 1 aliphatic heterocycles. The quantitative estimate of drug-likeness (QED) is 0.865. The molecule has 1 aromatic carbocycles. The Labute approximate surface area is 118 Å². The number of hydrogen-bond donors (Lipinski definition) is 1. The van der Waals surface area contributed by atoms with Crippen molar-refractivity contribution in [3.05, 3.63) is 47.8 Å². The van der Waals surface area contributed by atoms with Gasteiger partial charge in [-0.15, -0.1) is 0 Å². The van der Waals surface area contributed by atoms with E-state index in [-0.39, 0.29) is 11.9 Å². The lowest BCUT2D eigenvalue weighted by Gasteiger charge is -2.35. The highest BCUT2D eigenvalue weighted by molar-refractivity contribution is 6.06. The van der Waals surface area contributed by atoms with Crippen molar-refractivity contribution in [1.82, 2.24) is 4.57 Å². The van der Waals surface area contributed by atoms with Gasteiger partial charge in [0, 0.05) is 25.0 Å². The number of benzene rings is 1. The van der Waals surface area contributed by atoms with Crippen molar-refractivity contribution in [2.75, 3.05) is 10.6 Å². The molecule has 104 valence electrons. The van der Waals surface area contributed by atoms with Gasteiger partial charge in [0.1, 0.15) is 5.69 Å². The molecule has 2 heterocycles. The Hall–Kier alpha value is -2.23. The molecular weight excluding hydrogens is 250 g/mol. The summed E-state index contributed by atoms with van der Waals surface area (Å²) < 4.78 is 1.79. The first kappa shape index (κ1) is 12.8. The summed E-state index contributed by atoms with van der Waals surface area (Å²) in [4.78, 5) is 14.8. The Bertz CT molecular complexity index is 659. The average Bonchev–Trinajstić information content (AvgIpc) is 2.77. The number of anilines is 2. The van der Waals surface area contributed by atoms with Gasteiger partial charge in [-0.25, -0.2) is 0 Å². The molecule has 1 amide bonds. The summed E-state index contributed by atoms with van der Waals surface area (Å²) in [5.41, 5.74) is 9.30. The molecule has 20 heavy (non-hydrogen) atoms. The van der Waals surface area contributed by atoms with E-state index in [1.807, 2.05) is 30.1 Å². The average molecular weight is 269 g/mol. The molecule has 0 radical (unpaired) electrons. The molecular formula is C16H19N3O. The first-order valence-corrected chi connectivity index (χ1v) is 6.91. The normalized spacial score (nSPS) is 17.9. The molecule has 0 saturated heterocycles. The summed E-state index contributed by atoms with van der Waals surface area (Å²) in [5, 5.41) is 0. The Balaban J connectivity index is 2.05. The van der Waals surface area contributed by atoms with Crippen molar-refractivity contribution < 1.29 is 4.79 Å². The number of nitrogens with zero attached hydrogens (tertiary/aromatic N) is 2. The summed E-state index contributed by atoms with van der Waals surface area (Å²) in [7, 11) is 1.85. The Morgan fingerprint density at radius 1 is 1.35 bits per heavy atom. The number of rotatable bonds is 1. The van der Waals surface area contributed by atoms with Crippen LogP contribution in [0.1, 0.15) is 29.4 Å². The van der Waals surface area contributed by atoms with Gasteiger partial charge < -0.3 is 15.2 Å². The highest BCUT2D eigenvalue weighted by Crippen LogP contribution is 2.32. The van der Waals surface area contributed by atoms with Gasteiger partial charge in [0.05, 0.1) is 5.69 Å². The first-order chi connectivity index (χ1) is 9.58. The van der Waals surface area contributed by atoms with E-state index < -0.39 is 0 Å². The van der Waals surface area contributed by atoms with Crippen LogP contribution in [0.3, 0.4) is 0 Å². The smallest absolute Gasteiger partial charge is 0.275 e. The highest BCUT2D eigenvalue weighted by Gasteiger charge is 2.29. The second-order valence-corrected chi connectivity index (χ2v) is 5.46. The van der Waals surface area contributed by atoms with Gasteiger partial charge in [-0.05, 0) is 37.5 Å². The van der Waals surface area contributed by atoms with E-state index >= 15 is 0 Å². The van der Waals surface area contributed by atoms with Gasteiger partial charge in [0.15, 0.2) is 0 Å². The number of para-hydroxylation sites is 1. The minimum Gasteiger partial charge on any atom is -0.397 e. The number of fused-ring (bicyclic) bond motifs is 1. The molecule has 0 aliphatic carbocycles. The predicted molar refractivity (Wildman–Crippen MR) is 80.9 cm³/mol. The van der Waals surface area contributed by atoms with Crippen LogP contribution in [-0.2, 0) is 13.5 Å². The Morgan fingerprint density at radius 2 is 2.10 bits per heavy atom. The number of amides is 1. The minimum absolute atomic E-state index is 0.0175. The standard InChI is InChI=1S/C16H19N3O/c1-11-7-8-12-5-3-4-6-14(12)19(11)16(20)15-9-13(17)10-18(15)2/h3-6,9-11H,7-8,17H2,1-2H3. The van der Waals surface area contributed by atoms with E-state index in [4.69, 9.17) is 5.73 Å². The van der Waals surface area contributed by atoms with E-state index in [1.54, 1.807) is 16.8 Å². The number of carbonyl (C=O) groups is 1. The molecule has 1 aromatic heterocycles. The fourth-order valence-corrected chi connectivity index (χ4v) is 2.92. The van der Waals surface area contributed by atoms with E-state index in [0.29, 0.717) is 11.4 Å². The molecule has 2 N–H and O–H groups in total. The molecule has 4 nitrogen and oxygen atoms in total. The molecule has 1 atom stereocenters. The SMILES string of the molecule is CC1CCc2ccccc2N1C(=O)c1cc(N)cn1C. The maximum absolute atomic E-state index is 12.9. The summed E-state index contributed by atoms with van der Waals surface area (Å²) in [5.74, 6) is 0.0175. The van der Waals surface area contributed by atoms with Crippen LogP contribution in [0.2, 0.25) is 0 Å². The van der Waals surface area contributed by atoms with Gasteiger partial charge in [-0.3, -0.25) is 4.79 Å². The van der Waals surface area contributed by atoms with E-state index in [9.17, 15) is 4.79 Å². The van der Waals surface area contributed by atoms with Crippen molar-refractivity contribution in [2.45, 2.75) is 25.8 Å². The Morgan fingerprint density at radius 3 is 2.80 bits per heavy atom. The van der Waals surface area contributed by atoms with Crippen molar-refractivity contribution in [2.24, 2.45) is 7.05 Å². The number of aryl methyl sites for hydroxylation is 2. The molecule has 0 bridgehead atoms. The highest BCUT2D eigenvalue weighted by atomic mass is 16.2. The molecule has 4 heteroatoms. The third-order valence-electron chi connectivity index (χ3n) is 3.99. The number of nitrogen functional groups attached to an aromatic ring is 1. The minimum atomic E-state index is 0.0175. The molecule has 0 fully saturated rings. The van der Waals surface area contributed by atoms with E-state index in [1.165, 1.54) is 5.56 Å². The molecule has 1 aliphatic rings. The summed E-state index contributed by atoms with van der Waals surface area (Å²) in [6, 6.07) is 10.1. The first-order valence-electron chi connectivity index (χ1n) is 6.91. The third-order valence-corrected chi connectivity index (χ3v) is 3.99. The topological polar surface area (TPSA) is 51.3 Å². The molecule has 3 rings (SSSR count). The van der Waals surface area contributed by atoms with Gasteiger partial charge in [-0.2, -0.15) is 0 Å². The van der Waals surface area contributed by atoms with Crippen LogP contribution in [0.25, 0.3) is 0 Å². The van der Waals surface area contributed by atoms with Crippen LogP contribution < -0.4 is 10.6 Å². The van der Waals surface area contributed by atoms with Crippen molar-refractivity contribution >= 4 is 17.3 Å². The van der Waals surface area contributed by atoms with Gasteiger partial charge in [-0.1, -0.05) is 18.2 Å². The predicted octanol–water partition coefficient (Wildman–Crippen LogP) is 2.59. The fourth-order valence-electron chi connectivity index (χ4n) is 2.92. The number of carbonyl (C=O) groups excluding carboxylic acids is 1. The zero-order valence-corrected chi connectivity index (χ0v) is 11.8. The second kappa shape index (κ2) is 4.71. The van der Waals surface area contributed by atoms with E-state index in [2.05, 4.69) is 13.0 Å². The van der Waals surface area contributed by atoms with Crippen molar-refractivity contribution in [1.29, 1.82) is 0 Å². The van der Waals surface area contributed by atoms with E-state index in [0.717, 1.165) is 18.5 Å². The lowest BCUT2D eigenvalue weighted by molar-refractivity contribution is 0.0967. The van der Waals surface area contributed by atoms with Gasteiger partial charge >= 0.3 is 0 Å². The molecule has 0 saturated carbocycles. The van der Waals surface area contributed by atoms with Crippen LogP contribution in [0.4, 0.5) is 11.4 Å². The largest absolute Gasteiger partial charge is 0.397 e. The van der Waals surface area contributed by atoms with Gasteiger partial charge in [0.25, 0.3) is 5.91 Å². The van der Waals surface area contributed by atoms with Crippen LogP contribution in [0.5, 0.6) is 0 Å². The van der Waals surface area contributed by atoms with Crippen LogP contribution >= 0.6 is 0 Å². The Kier molecular flexibility index (Phi) is 3.01. The molecule has 0 spiro atoms. The zero-order chi connectivity index (χ0) is 14.3. The monoisotopic (exact) mass is 269 g/mol. The molecule has 1 unspecified atom stereocenters. The van der Waals surface area contributed by atoms with Crippen molar-refractivity contribution in [3.8, 4) is 0 Å². The maximum Gasteiger partial charge on any atom is 0.275 e. The van der Waals surface area contributed by atoms with Crippen LogP contribution in [0.15, 0.2) is 36.5 Å². The van der Waals surface area contributed by atoms with Crippen LogP contribution in [-0.4, -0.2) is 16.5 Å². The van der Waals surface area contributed by atoms with Gasteiger partial charge in [0.2, 0.25) is 0 Å². The molecule has 2 aromatic rings. The summed E-state index contributed by atoms with van der Waals surface area (Å²) >= 11 is 0. The fraction of sp³-hybridized carbons (Fsp3) is 0.312. The summed E-state index contributed by atoms with van der Waals surface area (Å²) in [6.07, 6.45) is 3.78. The zero-order valence-electron chi connectivity index (χ0n) is 11.8. The maximum atomic E-state index is 12.9. The third kappa shape index (κ3) is 1.97. The number of nitrogens with two attached hydrogens (primary N) is 1. The second-order valence-electron chi connectivity index (χ2n) is 5.46. The number of hydrogen-bond acceptors (Lipinski definition) is 2. The summed E-state index contributed by atoms with van der Waals surface area (Å²) in [6.45, 7) is 2.10. The van der Waals surface area contributed by atoms with Crippen molar-refractivity contribution in [3.63, 3.8) is 0 Å². The lowest BCUT2D eigenvalue weighted by Crippen LogP contribution is -2.42.